The molecule has 3 aliphatic rings. The van der Waals surface area contributed by atoms with Crippen LogP contribution in [0.2, 0.25) is 0 Å². The Bertz CT molecular complexity index is 2510. The average molecular weight is 761 g/mol. The third-order valence-corrected chi connectivity index (χ3v) is 13.4. The second-order valence-corrected chi connectivity index (χ2v) is 16.0. The van der Waals surface area contributed by atoms with Crippen molar-refractivity contribution in [2.24, 2.45) is 0 Å². The topological polar surface area (TPSA) is 142 Å². The number of nitrogens with zero attached hydrogens (tertiary/aromatic N) is 4. The lowest BCUT2D eigenvalue weighted by Crippen LogP contribution is -2.31. The van der Waals surface area contributed by atoms with Crippen LogP contribution in [-0.4, -0.2) is 59.0 Å². The lowest BCUT2D eigenvalue weighted by atomic mass is 9.96. The van der Waals surface area contributed by atoms with Gasteiger partial charge in [-0.25, -0.2) is 4.79 Å². The number of carbonyl (C=O) groups excluding carboxylic acids is 1. The van der Waals surface area contributed by atoms with Gasteiger partial charge in [0, 0.05) is 42.5 Å². The maximum atomic E-state index is 13.8. The van der Waals surface area contributed by atoms with Gasteiger partial charge in [-0.05, 0) is 79.8 Å². The number of aliphatic carboxylic acids is 2. The van der Waals surface area contributed by atoms with E-state index in [1.807, 2.05) is 43.3 Å². The Morgan fingerprint density at radius 1 is 0.922 bits per heavy atom. The monoisotopic (exact) mass is 760 g/mol. The standard InChI is InChI=1S/C36H32N4O7S4/c1-3-37-32(46)29(50-34(37)30-33(47)38(4-2)36(48)51-30)35-39(18-28(43)44)31(45)26(49-35)17-20-10-14-25-23(16-20)22-6-5-7-24(22)40(25)21-12-8-19(9-13-21)11-15-27(41)42/h8-17,22,24H,3-7,18H2,1-2H3,(H,41,42)(H,43,44)/b15-11?,26-17-,34-30+,35-29+. The predicted molar refractivity (Wildman–Crippen MR) is 204 cm³/mol. The molecular formula is C36H32N4O7S4. The minimum atomic E-state index is -1.22. The molecule has 2 atom stereocenters. The second kappa shape index (κ2) is 13.9. The van der Waals surface area contributed by atoms with E-state index in [-0.39, 0.29) is 27.7 Å². The molecule has 2 N–H and O–H groups in total. The van der Waals surface area contributed by atoms with Crippen LogP contribution >= 0.6 is 46.7 Å². The largest absolute Gasteiger partial charge is 0.480 e. The number of thiazole rings is 2. The summed E-state index contributed by atoms with van der Waals surface area (Å²) in [5.74, 6) is -2.20. The molecule has 1 aliphatic carbocycles. The van der Waals surface area contributed by atoms with E-state index in [9.17, 15) is 29.1 Å². The molecule has 11 nitrogen and oxygen atoms in total. The van der Waals surface area contributed by atoms with Crippen molar-refractivity contribution in [1.29, 1.82) is 0 Å². The van der Waals surface area contributed by atoms with Crippen molar-refractivity contribution in [3.05, 3.63) is 104 Å². The summed E-state index contributed by atoms with van der Waals surface area (Å²) >= 11 is 8.67. The number of carboxylic acid groups (broad SMARTS) is 2. The highest BCUT2D eigenvalue weighted by Crippen LogP contribution is 2.52. The molecule has 1 amide bonds. The molecule has 2 fully saturated rings. The van der Waals surface area contributed by atoms with Gasteiger partial charge in [0.15, 0.2) is 0 Å². The molecule has 1 saturated heterocycles. The molecule has 0 bridgehead atoms. The summed E-state index contributed by atoms with van der Waals surface area (Å²) in [5, 5.41) is 18.7. The maximum Gasteiger partial charge on any atom is 0.328 e. The van der Waals surface area contributed by atoms with E-state index in [0.29, 0.717) is 30.9 Å². The van der Waals surface area contributed by atoms with Crippen LogP contribution in [-0.2, 0) is 27.5 Å². The lowest BCUT2D eigenvalue weighted by molar-refractivity contribution is -0.137. The zero-order valence-corrected chi connectivity index (χ0v) is 30.8. The molecule has 1 saturated carbocycles. The number of hydrogen-bond donors (Lipinski definition) is 2. The summed E-state index contributed by atoms with van der Waals surface area (Å²) in [6, 6.07) is 14.2. The van der Waals surface area contributed by atoms with E-state index >= 15 is 0 Å². The summed E-state index contributed by atoms with van der Waals surface area (Å²) < 4.78 is 4.16. The molecule has 7 rings (SSSR count). The molecule has 51 heavy (non-hydrogen) atoms. The van der Waals surface area contributed by atoms with Crippen molar-refractivity contribution in [3.63, 3.8) is 0 Å². The Morgan fingerprint density at radius 2 is 1.67 bits per heavy atom. The van der Waals surface area contributed by atoms with Gasteiger partial charge in [0.25, 0.3) is 17.0 Å². The molecule has 262 valence electrons. The van der Waals surface area contributed by atoms with Crippen molar-refractivity contribution in [2.75, 3.05) is 11.4 Å². The van der Waals surface area contributed by atoms with E-state index in [2.05, 4.69) is 11.0 Å². The smallest absolute Gasteiger partial charge is 0.328 e. The van der Waals surface area contributed by atoms with Gasteiger partial charge < -0.3 is 15.1 Å². The Hall–Kier alpha value is -4.57. The second-order valence-electron chi connectivity index (χ2n) is 12.3. The minimum absolute atomic E-state index is 0.194. The fourth-order valence-corrected chi connectivity index (χ4v) is 11.1. The van der Waals surface area contributed by atoms with Gasteiger partial charge in [0.05, 0.1) is 4.53 Å². The van der Waals surface area contributed by atoms with Crippen molar-refractivity contribution in [3.8, 4) is 0 Å². The fraction of sp³-hybridized carbons (Fsp3) is 0.278. The first-order valence-electron chi connectivity index (χ1n) is 16.4. The molecule has 4 heterocycles. The van der Waals surface area contributed by atoms with Crippen LogP contribution in [0.1, 0.15) is 55.7 Å². The molecule has 2 aromatic carbocycles. The molecule has 0 spiro atoms. The van der Waals surface area contributed by atoms with E-state index in [1.165, 1.54) is 15.0 Å². The zero-order chi connectivity index (χ0) is 36.1. The third kappa shape index (κ3) is 6.21. The van der Waals surface area contributed by atoms with Crippen molar-refractivity contribution in [1.82, 2.24) is 14.0 Å². The van der Waals surface area contributed by atoms with E-state index in [1.54, 1.807) is 19.1 Å². The number of fused-ring (bicyclic) bond motifs is 3. The number of anilines is 2. The first-order chi connectivity index (χ1) is 24.5. The van der Waals surface area contributed by atoms with Crippen LogP contribution in [0.4, 0.5) is 11.4 Å². The van der Waals surface area contributed by atoms with Crippen LogP contribution < -0.4 is 25.2 Å². The number of thiocarbonyl (C=S) groups is 1. The van der Waals surface area contributed by atoms with Gasteiger partial charge >= 0.3 is 11.9 Å². The SMILES string of the molecule is CCN1C(=O)/C(=c2\s/c(=c3/s/c(=C\c4ccc5c(c4)C4CCCC4N5c4ccc(C=CC(=O)O)cc4)c(=O)n3CC(=O)O)c(=O)n2CC)SC1=S. The highest BCUT2D eigenvalue weighted by Gasteiger charge is 2.42. The summed E-state index contributed by atoms with van der Waals surface area (Å²) in [5.41, 5.74) is 3.94. The van der Waals surface area contributed by atoms with Crippen LogP contribution in [0.25, 0.3) is 17.1 Å². The molecule has 0 radical (unpaired) electrons. The molecular weight excluding hydrogens is 729 g/mol. The molecule has 4 aromatic rings. The van der Waals surface area contributed by atoms with Crippen molar-refractivity contribution >= 4 is 97.3 Å². The Kier molecular flexibility index (Phi) is 9.48. The zero-order valence-electron chi connectivity index (χ0n) is 27.5. The minimum Gasteiger partial charge on any atom is -0.480 e. The summed E-state index contributed by atoms with van der Waals surface area (Å²) in [6.45, 7) is 3.66. The van der Waals surface area contributed by atoms with Crippen LogP contribution in [0.3, 0.4) is 0 Å². The molecule has 2 unspecified atom stereocenters. The number of rotatable bonds is 8. The normalized spacial score (nSPS) is 20.5. The van der Waals surface area contributed by atoms with Gasteiger partial charge in [0.2, 0.25) is 0 Å². The van der Waals surface area contributed by atoms with Gasteiger partial charge in [-0.2, -0.15) is 0 Å². The molecule has 2 aromatic heterocycles. The van der Waals surface area contributed by atoms with Crippen molar-refractivity contribution < 1.29 is 24.6 Å². The number of amides is 1. The quantitative estimate of drug-likeness (QED) is 0.198. The van der Waals surface area contributed by atoms with Gasteiger partial charge in [-0.3, -0.25) is 33.2 Å². The summed E-state index contributed by atoms with van der Waals surface area (Å²) in [6.07, 6.45) is 7.56. The summed E-state index contributed by atoms with van der Waals surface area (Å²) in [7, 11) is 0. The van der Waals surface area contributed by atoms with E-state index < -0.39 is 29.6 Å². The average Bonchev–Trinajstić information content (AvgIpc) is 3.90. The van der Waals surface area contributed by atoms with Crippen molar-refractivity contribution in [2.45, 2.75) is 58.2 Å². The number of hydrogen-bond acceptors (Lipinski definition) is 10. The molecule has 15 heteroatoms. The third-order valence-electron chi connectivity index (χ3n) is 9.36. The van der Waals surface area contributed by atoms with Crippen LogP contribution in [0, 0.1) is 9.20 Å². The highest BCUT2D eigenvalue weighted by molar-refractivity contribution is 8.30. The predicted octanol–water partition coefficient (Wildman–Crippen LogP) is 4.23. The summed E-state index contributed by atoms with van der Waals surface area (Å²) in [4.78, 5) is 67.8. The maximum absolute atomic E-state index is 13.8. The Morgan fingerprint density at radius 3 is 2.33 bits per heavy atom. The first kappa shape index (κ1) is 34.9. The first-order valence-corrected chi connectivity index (χ1v) is 19.3. The number of carboxylic acids is 2. The fourth-order valence-electron chi connectivity index (χ4n) is 7.13. The Balaban J connectivity index is 1.36. The van der Waals surface area contributed by atoms with Gasteiger partial charge in [-0.15, -0.1) is 22.7 Å². The number of carbonyl (C=O) groups is 3. The van der Waals surface area contributed by atoms with Crippen LogP contribution in [0.15, 0.2) is 58.1 Å². The highest BCUT2D eigenvalue weighted by atomic mass is 32.2. The number of aromatic nitrogens is 2. The number of benzene rings is 2. The van der Waals surface area contributed by atoms with E-state index in [4.69, 9.17) is 17.3 Å². The molecule has 2 aliphatic heterocycles. The number of thioether (sulfide) groups is 1. The van der Waals surface area contributed by atoms with E-state index in [0.717, 1.165) is 86.8 Å². The van der Waals surface area contributed by atoms with Gasteiger partial charge in [0.1, 0.15) is 29.6 Å². The lowest BCUT2D eigenvalue weighted by Gasteiger charge is -2.27. The Labute approximate surface area is 308 Å². The van der Waals surface area contributed by atoms with Gasteiger partial charge in [-0.1, -0.05) is 48.6 Å². The van der Waals surface area contributed by atoms with Crippen LogP contribution in [0.5, 0.6) is 0 Å².